The molecule has 0 atom stereocenters. The molecule has 17 heavy (non-hydrogen) atoms. The van der Waals surface area contributed by atoms with E-state index < -0.39 is 0 Å². The number of hydrogen-bond donors (Lipinski definition) is 1. The monoisotopic (exact) mass is 232 g/mol. The van der Waals surface area contributed by atoms with E-state index in [9.17, 15) is 0 Å². The van der Waals surface area contributed by atoms with E-state index in [4.69, 9.17) is 5.73 Å². The Labute approximate surface area is 105 Å². The van der Waals surface area contributed by atoms with Gasteiger partial charge in [0.05, 0.1) is 0 Å². The first-order valence-corrected chi connectivity index (χ1v) is 6.55. The van der Waals surface area contributed by atoms with E-state index in [1.807, 2.05) is 0 Å². The van der Waals surface area contributed by atoms with Crippen molar-refractivity contribution in [3.05, 3.63) is 35.4 Å². The smallest absolute Gasteiger partial charge is 0.0355 e. The van der Waals surface area contributed by atoms with Gasteiger partial charge in [-0.2, -0.15) is 0 Å². The van der Waals surface area contributed by atoms with Crippen LogP contribution in [0.25, 0.3) is 0 Å². The van der Waals surface area contributed by atoms with Crippen LogP contribution in [0.5, 0.6) is 0 Å². The zero-order valence-electron chi connectivity index (χ0n) is 11.2. The standard InChI is InChI=1S/C15H24N2/c1-15(2,16)14-7-5-4-6-13(14)12-8-10-17(3)11-9-12/h4-7,12H,8-11,16H2,1-3H3. The summed E-state index contributed by atoms with van der Waals surface area (Å²) >= 11 is 0. The van der Waals surface area contributed by atoms with Crippen LogP contribution in [0.2, 0.25) is 0 Å². The van der Waals surface area contributed by atoms with Crippen molar-refractivity contribution in [2.24, 2.45) is 5.73 Å². The normalized spacial score (nSPS) is 19.5. The van der Waals surface area contributed by atoms with Gasteiger partial charge in [-0.1, -0.05) is 24.3 Å². The van der Waals surface area contributed by atoms with E-state index in [1.165, 1.54) is 37.1 Å². The van der Waals surface area contributed by atoms with Crippen molar-refractivity contribution in [3.8, 4) is 0 Å². The second-order valence-electron chi connectivity index (χ2n) is 5.89. The minimum absolute atomic E-state index is 0.236. The molecule has 1 aliphatic heterocycles. The molecular weight excluding hydrogens is 208 g/mol. The molecule has 2 rings (SSSR count). The molecule has 0 bridgehead atoms. The summed E-state index contributed by atoms with van der Waals surface area (Å²) in [5, 5.41) is 0. The van der Waals surface area contributed by atoms with Crippen molar-refractivity contribution in [1.82, 2.24) is 4.90 Å². The molecule has 1 saturated heterocycles. The van der Waals surface area contributed by atoms with E-state index >= 15 is 0 Å². The van der Waals surface area contributed by atoms with Gasteiger partial charge in [0.1, 0.15) is 0 Å². The highest BCUT2D eigenvalue weighted by Gasteiger charge is 2.25. The third-order valence-electron chi connectivity index (χ3n) is 3.81. The van der Waals surface area contributed by atoms with Crippen LogP contribution in [0, 0.1) is 0 Å². The van der Waals surface area contributed by atoms with Gasteiger partial charge in [0.25, 0.3) is 0 Å². The van der Waals surface area contributed by atoms with Crippen molar-refractivity contribution in [2.75, 3.05) is 20.1 Å². The summed E-state index contributed by atoms with van der Waals surface area (Å²) in [7, 11) is 2.20. The number of likely N-dealkylation sites (tertiary alicyclic amines) is 1. The number of nitrogens with two attached hydrogens (primary N) is 1. The van der Waals surface area contributed by atoms with E-state index in [1.54, 1.807) is 0 Å². The fourth-order valence-corrected chi connectivity index (χ4v) is 2.76. The molecule has 94 valence electrons. The Morgan fingerprint density at radius 3 is 2.35 bits per heavy atom. The average molecular weight is 232 g/mol. The van der Waals surface area contributed by atoms with Crippen LogP contribution in [0.1, 0.15) is 43.7 Å². The molecule has 2 nitrogen and oxygen atoms in total. The van der Waals surface area contributed by atoms with Gasteiger partial charge in [0.2, 0.25) is 0 Å². The van der Waals surface area contributed by atoms with Crippen LogP contribution in [0.15, 0.2) is 24.3 Å². The Morgan fingerprint density at radius 2 is 1.76 bits per heavy atom. The lowest BCUT2D eigenvalue weighted by Gasteiger charge is -2.33. The minimum atomic E-state index is -0.236. The molecule has 0 unspecified atom stereocenters. The summed E-state index contributed by atoms with van der Waals surface area (Å²) in [5.41, 5.74) is 8.83. The van der Waals surface area contributed by atoms with Gasteiger partial charge in [-0.25, -0.2) is 0 Å². The molecule has 1 aromatic rings. The lowest BCUT2D eigenvalue weighted by atomic mass is 9.81. The molecule has 0 spiro atoms. The van der Waals surface area contributed by atoms with E-state index in [0.717, 1.165) is 0 Å². The first-order chi connectivity index (χ1) is 7.98. The molecule has 1 fully saturated rings. The highest BCUT2D eigenvalue weighted by Crippen LogP contribution is 2.33. The summed E-state index contributed by atoms with van der Waals surface area (Å²) < 4.78 is 0. The van der Waals surface area contributed by atoms with Crippen LogP contribution in [-0.4, -0.2) is 25.0 Å². The van der Waals surface area contributed by atoms with Crippen LogP contribution in [0.3, 0.4) is 0 Å². The molecule has 0 aliphatic carbocycles. The first-order valence-electron chi connectivity index (χ1n) is 6.55. The fourth-order valence-electron chi connectivity index (χ4n) is 2.76. The van der Waals surface area contributed by atoms with Crippen LogP contribution >= 0.6 is 0 Å². The molecule has 2 heteroatoms. The summed E-state index contributed by atoms with van der Waals surface area (Å²) in [6.45, 7) is 6.59. The zero-order chi connectivity index (χ0) is 12.5. The van der Waals surface area contributed by atoms with Gasteiger partial charge in [-0.15, -0.1) is 0 Å². The largest absolute Gasteiger partial charge is 0.322 e. The summed E-state index contributed by atoms with van der Waals surface area (Å²) in [6.07, 6.45) is 2.51. The third kappa shape index (κ3) is 2.88. The predicted octanol–water partition coefficient (Wildman–Crippen LogP) is 2.69. The maximum absolute atomic E-state index is 6.28. The van der Waals surface area contributed by atoms with Crippen molar-refractivity contribution >= 4 is 0 Å². The molecule has 1 heterocycles. The average Bonchev–Trinajstić information content (AvgIpc) is 2.29. The van der Waals surface area contributed by atoms with Gasteiger partial charge in [-0.05, 0) is 63.9 Å². The van der Waals surface area contributed by atoms with Gasteiger partial charge >= 0.3 is 0 Å². The topological polar surface area (TPSA) is 29.3 Å². The second kappa shape index (κ2) is 4.79. The molecule has 0 saturated carbocycles. The minimum Gasteiger partial charge on any atom is -0.322 e. The Balaban J connectivity index is 2.26. The molecule has 0 amide bonds. The fraction of sp³-hybridized carbons (Fsp3) is 0.600. The van der Waals surface area contributed by atoms with Gasteiger partial charge in [0.15, 0.2) is 0 Å². The van der Waals surface area contributed by atoms with E-state index in [0.29, 0.717) is 5.92 Å². The van der Waals surface area contributed by atoms with Crippen molar-refractivity contribution < 1.29 is 0 Å². The van der Waals surface area contributed by atoms with Crippen LogP contribution < -0.4 is 5.73 Å². The second-order valence-corrected chi connectivity index (χ2v) is 5.89. The maximum Gasteiger partial charge on any atom is 0.0355 e. The summed E-state index contributed by atoms with van der Waals surface area (Å²) in [5.74, 6) is 0.685. The van der Waals surface area contributed by atoms with Crippen molar-refractivity contribution in [3.63, 3.8) is 0 Å². The summed E-state index contributed by atoms with van der Waals surface area (Å²) in [6, 6.07) is 8.69. The third-order valence-corrected chi connectivity index (χ3v) is 3.81. The number of nitrogens with zero attached hydrogens (tertiary/aromatic N) is 1. The molecule has 0 radical (unpaired) electrons. The van der Waals surface area contributed by atoms with Gasteiger partial charge < -0.3 is 10.6 Å². The highest BCUT2D eigenvalue weighted by atomic mass is 15.1. The van der Waals surface area contributed by atoms with Crippen LogP contribution in [-0.2, 0) is 5.54 Å². The lowest BCUT2D eigenvalue weighted by Crippen LogP contribution is -2.33. The van der Waals surface area contributed by atoms with Crippen LogP contribution in [0.4, 0.5) is 0 Å². The highest BCUT2D eigenvalue weighted by molar-refractivity contribution is 5.35. The predicted molar refractivity (Wildman–Crippen MR) is 73.1 cm³/mol. The molecular formula is C15H24N2. The molecule has 0 aromatic heterocycles. The van der Waals surface area contributed by atoms with Gasteiger partial charge in [-0.3, -0.25) is 0 Å². The maximum atomic E-state index is 6.28. The Hall–Kier alpha value is -0.860. The van der Waals surface area contributed by atoms with Crippen molar-refractivity contribution in [1.29, 1.82) is 0 Å². The molecule has 1 aliphatic rings. The Bertz CT molecular complexity index is 371. The molecule has 1 aromatic carbocycles. The first kappa shape index (κ1) is 12.6. The van der Waals surface area contributed by atoms with Crippen molar-refractivity contribution in [2.45, 2.75) is 38.1 Å². The number of piperidine rings is 1. The summed E-state index contributed by atoms with van der Waals surface area (Å²) in [4.78, 5) is 2.41. The van der Waals surface area contributed by atoms with E-state index in [-0.39, 0.29) is 5.54 Å². The zero-order valence-corrected chi connectivity index (χ0v) is 11.2. The SMILES string of the molecule is CN1CCC(c2ccccc2C(C)(C)N)CC1. The Kier molecular flexibility index (Phi) is 3.55. The number of hydrogen-bond acceptors (Lipinski definition) is 2. The lowest BCUT2D eigenvalue weighted by molar-refractivity contribution is 0.254. The molecule has 2 N–H and O–H groups in total. The van der Waals surface area contributed by atoms with Gasteiger partial charge in [0, 0.05) is 5.54 Å². The number of rotatable bonds is 2. The van der Waals surface area contributed by atoms with E-state index in [2.05, 4.69) is 50.1 Å². The number of benzene rings is 1. The Morgan fingerprint density at radius 1 is 1.18 bits per heavy atom. The quantitative estimate of drug-likeness (QED) is 0.849.